The SMILES string of the molecule is CC(=O)N(CCCC[C@H]([NH3+])C(=O)O)CC(F)(F)[C@]1(O)O[C@H](CO)[C@H](O)[C@H](O)[C@H]1O.CN[C@@H](CCCCN(CC(F)(F)[C@]1(C)O[C@H](COCc2ccccc2)[C@H](C)[C@H](OCc2ccccc2)[C@H]1OCc1ccccc1)C(C)=O)C(=O)OCc1ccccc1.[Cl-]. The lowest BCUT2D eigenvalue weighted by atomic mass is 9.77. The molecule has 0 aromatic heterocycles. The molecule has 0 unspecified atom stereocenters. The Morgan fingerprint density at radius 2 is 1.12 bits per heavy atom. The van der Waals surface area contributed by atoms with Crippen LogP contribution >= 0.6 is 0 Å². The van der Waals surface area contributed by atoms with E-state index in [1.165, 1.54) is 13.8 Å². The Bertz CT molecular complexity index is 2700. The van der Waals surface area contributed by atoms with Crippen LogP contribution < -0.4 is 23.5 Å². The van der Waals surface area contributed by atoms with Gasteiger partial charge in [-0.25, -0.2) is 13.6 Å². The molecule has 25 heteroatoms. The van der Waals surface area contributed by atoms with E-state index in [1.54, 1.807) is 7.05 Å². The number of halogens is 5. The van der Waals surface area contributed by atoms with Crippen LogP contribution in [0.2, 0.25) is 0 Å². The Labute approximate surface area is 517 Å². The number of carbonyl (C=O) groups is 4. The van der Waals surface area contributed by atoms with Crippen LogP contribution in [0.1, 0.15) is 88.5 Å². The molecule has 6 rings (SSSR count). The maximum Gasteiger partial charge on any atom is 0.362 e. The first-order valence-electron chi connectivity index (χ1n) is 29.1. The Morgan fingerprint density at radius 3 is 1.59 bits per heavy atom. The van der Waals surface area contributed by atoms with E-state index in [0.29, 0.717) is 24.2 Å². The average Bonchev–Trinajstić information content (AvgIpc) is 0.762. The van der Waals surface area contributed by atoms with E-state index in [0.717, 1.165) is 34.1 Å². The molecule has 4 aromatic carbocycles. The molecule has 0 bridgehead atoms. The van der Waals surface area contributed by atoms with Gasteiger partial charge >= 0.3 is 17.9 Å². The lowest BCUT2D eigenvalue weighted by Gasteiger charge is -2.54. The number of nitrogens with one attached hydrogen (secondary N) is 1. The number of benzene rings is 4. The number of carboxylic acid groups (broad SMARTS) is 1. The number of ether oxygens (including phenoxy) is 6. The summed E-state index contributed by atoms with van der Waals surface area (Å²) in [6.07, 6.45) is -9.48. The zero-order valence-electron chi connectivity index (χ0n) is 50.4. The van der Waals surface area contributed by atoms with Crippen molar-refractivity contribution in [2.75, 3.05) is 46.4 Å². The molecule has 88 heavy (non-hydrogen) atoms. The van der Waals surface area contributed by atoms with E-state index in [9.17, 15) is 48.4 Å². The van der Waals surface area contributed by atoms with Gasteiger partial charge in [0.2, 0.25) is 11.8 Å². The summed E-state index contributed by atoms with van der Waals surface area (Å²) in [5.41, 5.74) is 4.69. The van der Waals surface area contributed by atoms with Crippen molar-refractivity contribution in [3.8, 4) is 0 Å². The highest BCUT2D eigenvalue weighted by Crippen LogP contribution is 2.47. The highest BCUT2D eigenvalue weighted by atomic mass is 35.5. The summed E-state index contributed by atoms with van der Waals surface area (Å²) in [6, 6.07) is 36.5. The lowest BCUT2D eigenvalue weighted by Crippen LogP contribution is -3.00. The third-order valence-corrected chi connectivity index (χ3v) is 15.8. The van der Waals surface area contributed by atoms with Crippen LogP contribution in [0.5, 0.6) is 0 Å². The Balaban J connectivity index is 0.000000466. The van der Waals surface area contributed by atoms with Crippen LogP contribution in [0.3, 0.4) is 0 Å². The number of amides is 2. The number of carbonyl (C=O) groups excluding carboxylic acids is 3. The van der Waals surface area contributed by atoms with Gasteiger partial charge in [0.1, 0.15) is 43.2 Å². The van der Waals surface area contributed by atoms with Gasteiger partial charge in [0.25, 0.3) is 11.7 Å². The van der Waals surface area contributed by atoms with Crippen LogP contribution in [0.15, 0.2) is 121 Å². The van der Waals surface area contributed by atoms with Crippen molar-refractivity contribution < 1.29 is 114 Å². The molecule has 0 saturated carbocycles. The van der Waals surface area contributed by atoms with Crippen molar-refractivity contribution in [3.05, 3.63) is 144 Å². The third kappa shape index (κ3) is 20.9. The van der Waals surface area contributed by atoms with Crippen molar-refractivity contribution >= 4 is 23.8 Å². The molecule has 2 amide bonds. The highest BCUT2D eigenvalue weighted by molar-refractivity contribution is 5.76. The van der Waals surface area contributed by atoms with Crippen LogP contribution in [0.25, 0.3) is 0 Å². The number of hydrogen-bond donors (Lipinski definition) is 8. The van der Waals surface area contributed by atoms with Crippen LogP contribution in [-0.4, -0.2) is 189 Å². The second-order valence-corrected chi connectivity index (χ2v) is 22.3. The highest BCUT2D eigenvalue weighted by Gasteiger charge is 2.67. The van der Waals surface area contributed by atoms with E-state index in [2.05, 4.69) is 15.8 Å². The van der Waals surface area contributed by atoms with Gasteiger partial charge in [0.15, 0.2) is 11.6 Å². The fourth-order valence-corrected chi connectivity index (χ4v) is 10.2. The summed E-state index contributed by atoms with van der Waals surface area (Å²) in [5.74, 6) is -14.8. The molecule has 0 radical (unpaired) electrons. The van der Waals surface area contributed by atoms with E-state index >= 15 is 8.78 Å². The first-order valence-corrected chi connectivity index (χ1v) is 29.1. The molecule has 2 fully saturated rings. The predicted octanol–water partition coefficient (Wildman–Crippen LogP) is 1.66. The predicted molar refractivity (Wildman–Crippen MR) is 309 cm³/mol. The molecular weight excluding hydrogens is 1180 g/mol. The number of aliphatic carboxylic acids is 1. The first kappa shape index (κ1) is 74.8. The fourth-order valence-electron chi connectivity index (χ4n) is 10.2. The maximum atomic E-state index is 17.4. The third-order valence-electron chi connectivity index (χ3n) is 15.8. The molecule has 20 nitrogen and oxygen atoms in total. The van der Waals surface area contributed by atoms with Gasteiger partial charge in [-0.3, -0.25) is 14.4 Å². The standard InChI is InChI=1S/C47H58F2N2O7.C16H28F2N2O9.ClH/c1-35-42(33-54-29-37-19-9-5-10-20-37)58-46(3,44(56-31-39-23-13-7-14-24-39)43(35)55-30-38-21-11-6-12-22-38)47(48,49)34-51(36(2)52)28-18-17-27-41(50-4)45(53)57-32-40-25-15-8-16-26-40;1-8(22)20(5-3-2-4-9(19)14(26)27)7-15(17,18)16(28)13(25)12(24)11(23)10(6-21)29-16;/h5-16,19-26,35,41-44,50H,17-18,27-34H2,1-4H3;9-13,21,23-25,28H,2-7,19H2,1H3,(H,26,27);1H/t35-,41-,42+,43-,44+,46+;9-,10+,11-,12-,13+,16+;/m00./s1. The molecular formula is C63H87ClF4N4O16. The van der Waals surface area contributed by atoms with Crippen molar-refractivity contribution in [2.24, 2.45) is 5.92 Å². The molecule has 0 spiro atoms. The summed E-state index contributed by atoms with van der Waals surface area (Å²) >= 11 is 0. The number of hydrogen-bond acceptors (Lipinski definition) is 16. The number of aliphatic hydroxyl groups is 5. The Morgan fingerprint density at radius 1 is 0.670 bits per heavy atom. The van der Waals surface area contributed by atoms with E-state index in [4.69, 9.17) is 33.9 Å². The van der Waals surface area contributed by atoms with Crippen molar-refractivity contribution in [1.82, 2.24) is 15.1 Å². The van der Waals surface area contributed by atoms with Gasteiger partial charge in [0.05, 0.1) is 58.3 Å². The van der Waals surface area contributed by atoms with Gasteiger partial charge in [-0.1, -0.05) is 128 Å². The normalized spacial score (nSPS) is 24.4. The minimum atomic E-state index is -4.29. The quantitative estimate of drug-likeness (QED) is 0.0196. The van der Waals surface area contributed by atoms with Crippen LogP contribution in [-0.2, 0) is 74.0 Å². The number of rotatable bonds is 32. The number of aliphatic hydroxyl groups excluding tert-OH is 4. The molecule has 4 aromatic rings. The number of alkyl halides is 4. The molecule has 2 aliphatic heterocycles. The van der Waals surface area contributed by atoms with Gasteiger partial charge in [0, 0.05) is 39.3 Å². The zero-order chi connectivity index (χ0) is 64.0. The van der Waals surface area contributed by atoms with E-state index < -0.39 is 127 Å². The van der Waals surface area contributed by atoms with E-state index in [1.807, 2.05) is 128 Å². The molecule has 2 saturated heterocycles. The zero-order valence-corrected chi connectivity index (χ0v) is 51.1. The minimum Gasteiger partial charge on any atom is -1.00 e. The summed E-state index contributed by atoms with van der Waals surface area (Å²) < 4.78 is 100. The van der Waals surface area contributed by atoms with Crippen molar-refractivity contribution in [1.29, 1.82) is 0 Å². The van der Waals surface area contributed by atoms with E-state index in [-0.39, 0.29) is 77.8 Å². The summed E-state index contributed by atoms with van der Waals surface area (Å²) in [5, 5.41) is 60.4. The monoisotopic (exact) mass is 1270 g/mol. The van der Waals surface area contributed by atoms with Crippen LogP contribution in [0, 0.1) is 5.92 Å². The average molecular weight is 1270 g/mol. The Hall–Kier alpha value is -5.71. The van der Waals surface area contributed by atoms with Gasteiger partial charge in [-0.2, -0.15) is 8.78 Å². The molecule has 490 valence electrons. The number of unbranched alkanes of at least 4 members (excludes halogenated alkanes) is 2. The molecule has 2 heterocycles. The smallest absolute Gasteiger partial charge is 0.362 e. The Kier molecular flexibility index (Phi) is 30.3. The van der Waals surface area contributed by atoms with Gasteiger partial charge in [-0.05, 0) is 68.3 Å². The van der Waals surface area contributed by atoms with Crippen LogP contribution in [0.4, 0.5) is 17.6 Å². The first-order chi connectivity index (χ1) is 41.3. The fraction of sp³-hybridized carbons (Fsp3) is 0.556. The second-order valence-electron chi connectivity index (χ2n) is 22.3. The summed E-state index contributed by atoms with van der Waals surface area (Å²) in [4.78, 5) is 50.1. The largest absolute Gasteiger partial charge is 1.00 e. The van der Waals surface area contributed by atoms with Gasteiger partial charge < -0.3 is 92.3 Å². The number of nitrogens with zero attached hydrogens (tertiary/aromatic N) is 2. The number of esters is 1. The van der Waals surface area contributed by atoms with Gasteiger partial charge in [-0.15, -0.1) is 0 Å². The van der Waals surface area contributed by atoms with Crippen molar-refractivity contribution in [2.45, 2.75) is 171 Å². The molecule has 10 N–H and O–H groups in total. The summed E-state index contributed by atoms with van der Waals surface area (Å²) in [7, 11) is 1.68. The van der Waals surface area contributed by atoms with Crippen molar-refractivity contribution in [3.63, 3.8) is 0 Å². The molecule has 12 atom stereocenters. The topological polar surface area (TPSA) is 291 Å². The molecule has 0 aliphatic carbocycles. The molecule has 2 aliphatic rings. The summed E-state index contributed by atoms with van der Waals surface area (Å²) in [6.45, 7) is 2.82. The maximum absolute atomic E-state index is 17.4. The minimum absolute atomic E-state index is 0. The lowest BCUT2D eigenvalue weighted by molar-refractivity contribution is -0.411. The number of likely N-dealkylation sites (N-methyl/N-ethyl adjacent to an activating group) is 1. The number of quaternary nitrogens is 1. The second kappa shape index (κ2) is 35.6. The number of carboxylic acids is 1.